The van der Waals surface area contributed by atoms with E-state index in [0.717, 1.165) is 36.0 Å². The van der Waals surface area contributed by atoms with E-state index < -0.39 is 0 Å². The molecule has 2 amide bonds. The molecule has 0 fully saturated rings. The van der Waals surface area contributed by atoms with Gasteiger partial charge < -0.3 is 10.6 Å². The Morgan fingerprint density at radius 2 is 1.96 bits per heavy atom. The molecule has 1 unspecified atom stereocenters. The molecule has 1 aromatic carbocycles. The lowest BCUT2D eigenvalue weighted by molar-refractivity contribution is 0.0963. The van der Waals surface area contributed by atoms with E-state index in [-0.39, 0.29) is 11.8 Å². The Kier molecular flexibility index (Phi) is 4.95. The molecular formula is C20H24N2O2S. The summed E-state index contributed by atoms with van der Waals surface area (Å²) in [5.41, 5.74) is 4.47. The highest BCUT2D eigenvalue weighted by molar-refractivity contribution is 7.17. The van der Waals surface area contributed by atoms with Crippen LogP contribution in [0.15, 0.2) is 18.2 Å². The molecule has 1 aliphatic rings. The monoisotopic (exact) mass is 356 g/mol. The van der Waals surface area contributed by atoms with Gasteiger partial charge in [-0.1, -0.05) is 24.6 Å². The van der Waals surface area contributed by atoms with Gasteiger partial charge >= 0.3 is 0 Å². The van der Waals surface area contributed by atoms with Gasteiger partial charge in [-0.3, -0.25) is 9.59 Å². The van der Waals surface area contributed by atoms with Crippen LogP contribution in [0.2, 0.25) is 0 Å². The minimum atomic E-state index is -0.158. The number of fused-ring (bicyclic) bond motifs is 1. The first-order valence-corrected chi connectivity index (χ1v) is 9.47. The number of amides is 2. The molecule has 0 saturated heterocycles. The molecule has 0 aliphatic heterocycles. The van der Waals surface area contributed by atoms with Gasteiger partial charge in [0.05, 0.1) is 5.56 Å². The Labute approximate surface area is 152 Å². The molecule has 2 N–H and O–H groups in total. The number of thiophene rings is 1. The fourth-order valence-electron chi connectivity index (χ4n) is 3.44. The van der Waals surface area contributed by atoms with Gasteiger partial charge in [-0.15, -0.1) is 11.3 Å². The van der Waals surface area contributed by atoms with Gasteiger partial charge in [-0.25, -0.2) is 0 Å². The summed E-state index contributed by atoms with van der Waals surface area (Å²) in [6.45, 7) is 6.17. The molecule has 0 saturated carbocycles. The lowest BCUT2D eigenvalue weighted by Crippen LogP contribution is -2.23. The third-order valence-electron chi connectivity index (χ3n) is 4.82. The number of anilines is 1. The second-order valence-corrected chi connectivity index (χ2v) is 8.01. The predicted molar refractivity (Wildman–Crippen MR) is 103 cm³/mol. The minimum absolute atomic E-state index is 0.122. The molecule has 5 heteroatoms. The number of carbonyl (C=O) groups is 2. The molecule has 1 aliphatic carbocycles. The van der Waals surface area contributed by atoms with Crippen molar-refractivity contribution in [3.8, 4) is 0 Å². The van der Waals surface area contributed by atoms with Crippen LogP contribution in [-0.4, -0.2) is 18.9 Å². The zero-order valence-electron chi connectivity index (χ0n) is 15.2. The zero-order chi connectivity index (χ0) is 18.1. The van der Waals surface area contributed by atoms with Crippen LogP contribution in [0.25, 0.3) is 0 Å². The van der Waals surface area contributed by atoms with Gasteiger partial charge in [-0.05, 0) is 56.2 Å². The van der Waals surface area contributed by atoms with Crippen molar-refractivity contribution < 1.29 is 9.59 Å². The van der Waals surface area contributed by atoms with Crippen molar-refractivity contribution in [2.24, 2.45) is 5.92 Å². The van der Waals surface area contributed by atoms with Gasteiger partial charge in [0.1, 0.15) is 5.00 Å². The summed E-state index contributed by atoms with van der Waals surface area (Å²) in [5.74, 6) is 0.337. The van der Waals surface area contributed by atoms with E-state index in [0.29, 0.717) is 22.0 Å². The maximum absolute atomic E-state index is 12.8. The average Bonchev–Trinajstić information content (AvgIpc) is 2.90. The lowest BCUT2D eigenvalue weighted by Gasteiger charge is -2.18. The van der Waals surface area contributed by atoms with Crippen molar-refractivity contribution in [1.29, 1.82) is 0 Å². The van der Waals surface area contributed by atoms with Gasteiger partial charge in [-0.2, -0.15) is 0 Å². The van der Waals surface area contributed by atoms with Crippen molar-refractivity contribution in [3.05, 3.63) is 50.9 Å². The molecule has 1 heterocycles. The van der Waals surface area contributed by atoms with E-state index in [1.165, 1.54) is 4.88 Å². The van der Waals surface area contributed by atoms with Crippen molar-refractivity contribution in [2.75, 3.05) is 12.4 Å². The van der Waals surface area contributed by atoms with Crippen LogP contribution in [0.3, 0.4) is 0 Å². The summed E-state index contributed by atoms with van der Waals surface area (Å²) in [6.07, 6.45) is 2.96. The first-order valence-electron chi connectivity index (χ1n) is 8.66. The summed E-state index contributed by atoms with van der Waals surface area (Å²) in [6, 6.07) is 5.77. The second-order valence-electron chi connectivity index (χ2n) is 6.91. The standard InChI is InChI=1S/C20H24N2O2S/c1-11-5-7-14(13(3)9-11)18(23)22-20-17(19(24)21-4)15-8-6-12(2)10-16(15)25-20/h5,7,9,12H,6,8,10H2,1-4H3,(H,21,24)(H,22,23). The van der Waals surface area contributed by atoms with E-state index >= 15 is 0 Å². The maximum Gasteiger partial charge on any atom is 0.256 e. The van der Waals surface area contributed by atoms with Crippen LogP contribution in [0.5, 0.6) is 0 Å². The van der Waals surface area contributed by atoms with Crippen molar-refractivity contribution in [3.63, 3.8) is 0 Å². The zero-order valence-corrected chi connectivity index (χ0v) is 16.0. The van der Waals surface area contributed by atoms with Crippen LogP contribution in [0, 0.1) is 19.8 Å². The average molecular weight is 356 g/mol. The first kappa shape index (κ1) is 17.7. The van der Waals surface area contributed by atoms with Crippen LogP contribution in [0.4, 0.5) is 5.00 Å². The van der Waals surface area contributed by atoms with Crippen LogP contribution < -0.4 is 10.6 Å². The predicted octanol–water partition coefficient (Wildman–Crippen LogP) is 4.10. The SMILES string of the molecule is CNC(=O)c1c(NC(=O)c2ccc(C)cc2C)sc2c1CCC(C)C2. The maximum atomic E-state index is 12.8. The van der Waals surface area contributed by atoms with E-state index in [4.69, 9.17) is 0 Å². The fraction of sp³-hybridized carbons (Fsp3) is 0.400. The Bertz CT molecular complexity index is 838. The van der Waals surface area contributed by atoms with Crippen LogP contribution in [0.1, 0.15) is 55.6 Å². The topological polar surface area (TPSA) is 58.2 Å². The quantitative estimate of drug-likeness (QED) is 0.870. The summed E-state index contributed by atoms with van der Waals surface area (Å²) in [4.78, 5) is 26.4. The normalized spacial score (nSPS) is 16.2. The van der Waals surface area contributed by atoms with Crippen molar-refractivity contribution >= 4 is 28.2 Å². The van der Waals surface area contributed by atoms with E-state index in [1.807, 2.05) is 32.0 Å². The molecular weight excluding hydrogens is 332 g/mol. The highest BCUT2D eigenvalue weighted by atomic mass is 32.1. The number of carbonyl (C=O) groups excluding carboxylic acids is 2. The third kappa shape index (κ3) is 3.47. The number of nitrogens with one attached hydrogen (secondary N) is 2. The molecule has 4 nitrogen and oxygen atoms in total. The van der Waals surface area contributed by atoms with Crippen LogP contribution >= 0.6 is 11.3 Å². The highest BCUT2D eigenvalue weighted by Crippen LogP contribution is 2.39. The molecule has 0 spiro atoms. The summed E-state index contributed by atoms with van der Waals surface area (Å²) in [7, 11) is 1.63. The summed E-state index contributed by atoms with van der Waals surface area (Å²) in [5, 5.41) is 6.38. The molecule has 2 aromatic rings. The number of rotatable bonds is 3. The second kappa shape index (κ2) is 7.00. The van der Waals surface area contributed by atoms with Crippen LogP contribution in [-0.2, 0) is 12.8 Å². The smallest absolute Gasteiger partial charge is 0.256 e. The van der Waals surface area contributed by atoms with E-state index in [2.05, 4.69) is 17.6 Å². The summed E-state index contributed by atoms with van der Waals surface area (Å²) < 4.78 is 0. The Hall–Kier alpha value is -2.14. The Morgan fingerprint density at radius 3 is 2.64 bits per heavy atom. The molecule has 25 heavy (non-hydrogen) atoms. The Balaban J connectivity index is 1.96. The van der Waals surface area contributed by atoms with Gasteiger partial charge in [0.15, 0.2) is 0 Å². The van der Waals surface area contributed by atoms with Crippen molar-refractivity contribution in [1.82, 2.24) is 5.32 Å². The molecule has 1 atom stereocenters. The molecule has 132 valence electrons. The first-order chi connectivity index (χ1) is 11.9. The molecule has 1 aromatic heterocycles. The van der Waals surface area contributed by atoms with Gasteiger partial charge in [0.25, 0.3) is 11.8 Å². The van der Waals surface area contributed by atoms with Crippen molar-refractivity contribution in [2.45, 2.75) is 40.0 Å². The largest absolute Gasteiger partial charge is 0.355 e. The van der Waals surface area contributed by atoms with Gasteiger partial charge in [0, 0.05) is 17.5 Å². The Morgan fingerprint density at radius 1 is 1.20 bits per heavy atom. The number of aryl methyl sites for hydroxylation is 2. The summed E-state index contributed by atoms with van der Waals surface area (Å²) >= 11 is 1.55. The number of benzene rings is 1. The van der Waals surface area contributed by atoms with E-state index in [1.54, 1.807) is 18.4 Å². The number of hydrogen-bond acceptors (Lipinski definition) is 3. The minimum Gasteiger partial charge on any atom is -0.355 e. The van der Waals surface area contributed by atoms with E-state index in [9.17, 15) is 9.59 Å². The molecule has 3 rings (SSSR count). The van der Waals surface area contributed by atoms with Gasteiger partial charge in [0.2, 0.25) is 0 Å². The fourth-order valence-corrected chi connectivity index (χ4v) is 4.85. The molecule has 0 radical (unpaired) electrons. The highest BCUT2D eigenvalue weighted by Gasteiger charge is 2.28. The third-order valence-corrected chi connectivity index (χ3v) is 5.99. The lowest BCUT2D eigenvalue weighted by atomic mass is 9.88. The number of hydrogen-bond donors (Lipinski definition) is 2. The molecule has 0 bridgehead atoms.